The van der Waals surface area contributed by atoms with Gasteiger partial charge in [-0.15, -0.1) is 0 Å². The van der Waals surface area contributed by atoms with Crippen LogP contribution in [-0.4, -0.2) is 40.8 Å². The van der Waals surface area contributed by atoms with Crippen LogP contribution in [0.5, 0.6) is 5.19 Å². The molecule has 2 aromatic rings. The van der Waals surface area contributed by atoms with E-state index in [1.807, 2.05) is 45.0 Å². The molecule has 1 aromatic carbocycles. The largest absolute Gasteiger partial charge is 0.465 e. The van der Waals surface area contributed by atoms with Crippen LogP contribution in [-0.2, 0) is 4.74 Å². The summed E-state index contributed by atoms with van der Waals surface area (Å²) in [7, 11) is 0. The molecular weight excluding hydrogens is 300 g/mol. The summed E-state index contributed by atoms with van der Waals surface area (Å²) in [6.45, 7) is 6.82. The Morgan fingerprint density at radius 1 is 1.36 bits per heavy atom. The highest BCUT2D eigenvalue weighted by Crippen LogP contribution is 2.29. The number of carbonyl (C=O) groups is 1. The number of benzene rings is 1. The van der Waals surface area contributed by atoms with E-state index < -0.39 is 5.60 Å². The molecule has 0 bridgehead atoms. The van der Waals surface area contributed by atoms with Gasteiger partial charge in [-0.25, -0.2) is 9.78 Å². The molecule has 1 unspecified atom stereocenters. The van der Waals surface area contributed by atoms with Gasteiger partial charge in [-0.05, 0) is 32.9 Å². The Balaban J connectivity index is 1.60. The number of carbonyl (C=O) groups excluding carboxylic acids is 1. The van der Waals surface area contributed by atoms with Gasteiger partial charge in [-0.3, -0.25) is 0 Å². The van der Waals surface area contributed by atoms with Crippen LogP contribution in [0.4, 0.5) is 4.79 Å². The molecule has 0 aliphatic carbocycles. The molecule has 1 aliphatic rings. The SMILES string of the molecule is CC(C)(C)OC(=O)N1CCC(Oc2nc3ccccc3s2)C1. The van der Waals surface area contributed by atoms with E-state index in [4.69, 9.17) is 9.47 Å². The zero-order valence-corrected chi connectivity index (χ0v) is 13.9. The number of ether oxygens (including phenoxy) is 2. The summed E-state index contributed by atoms with van der Waals surface area (Å²) in [5.74, 6) is 0. The summed E-state index contributed by atoms with van der Waals surface area (Å²) in [4.78, 5) is 18.2. The third kappa shape index (κ3) is 3.50. The fraction of sp³-hybridized carbons (Fsp3) is 0.500. The minimum Gasteiger partial charge on any atom is -0.465 e. The van der Waals surface area contributed by atoms with Crippen molar-refractivity contribution in [3.63, 3.8) is 0 Å². The molecule has 0 saturated carbocycles. The topological polar surface area (TPSA) is 51.7 Å². The van der Waals surface area contributed by atoms with Gasteiger partial charge in [0.15, 0.2) is 0 Å². The zero-order valence-electron chi connectivity index (χ0n) is 13.0. The minimum absolute atomic E-state index is 0.0203. The third-order valence-electron chi connectivity index (χ3n) is 3.34. The first-order valence-electron chi connectivity index (χ1n) is 7.41. The standard InChI is InChI=1S/C16H20N2O3S/c1-16(2,3)21-15(19)18-9-8-11(10-18)20-14-17-12-6-4-5-7-13(12)22-14/h4-7,11H,8-10H2,1-3H3. The molecule has 3 rings (SSSR count). The van der Waals surface area contributed by atoms with E-state index in [1.54, 1.807) is 4.90 Å². The Morgan fingerprint density at radius 3 is 2.86 bits per heavy atom. The van der Waals surface area contributed by atoms with Crippen molar-refractivity contribution in [3.8, 4) is 5.19 Å². The van der Waals surface area contributed by atoms with Crippen molar-refractivity contribution in [2.75, 3.05) is 13.1 Å². The number of aromatic nitrogens is 1. The van der Waals surface area contributed by atoms with Crippen LogP contribution in [0.2, 0.25) is 0 Å². The van der Waals surface area contributed by atoms with E-state index in [2.05, 4.69) is 4.98 Å². The smallest absolute Gasteiger partial charge is 0.410 e. The maximum Gasteiger partial charge on any atom is 0.410 e. The van der Waals surface area contributed by atoms with Gasteiger partial charge in [0, 0.05) is 13.0 Å². The molecule has 6 heteroatoms. The molecule has 0 spiro atoms. The second-order valence-electron chi connectivity index (χ2n) is 6.40. The van der Waals surface area contributed by atoms with Crippen molar-refractivity contribution in [3.05, 3.63) is 24.3 Å². The van der Waals surface area contributed by atoms with E-state index in [0.29, 0.717) is 18.3 Å². The monoisotopic (exact) mass is 320 g/mol. The van der Waals surface area contributed by atoms with E-state index in [9.17, 15) is 4.79 Å². The first-order valence-corrected chi connectivity index (χ1v) is 8.22. The summed E-state index contributed by atoms with van der Waals surface area (Å²) in [5, 5.41) is 0.664. The van der Waals surface area contributed by atoms with E-state index >= 15 is 0 Å². The molecule has 1 fully saturated rings. The number of thiazole rings is 1. The molecule has 1 atom stereocenters. The van der Waals surface area contributed by atoms with Gasteiger partial charge in [0.05, 0.1) is 16.8 Å². The number of likely N-dealkylation sites (tertiary alicyclic amines) is 1. The molecule has 1 saturated heterocycles. The second kappa shape index (κ2) is 5.76. The molecule has 22 heavy (non-hydrogen) atoms. The molecule has 1 amide bonds. The molecule has 0 radical (unpaired) electrons. The van der Waals surface area contributed by atoms with Crippen molar-refractivity contribution in [1.29, 1.82) is 0 Å². The van der Waals surface area contributed by atoms with Gasteiger partial charge in [0.2, 0.25) is 0 Å². The van der Waals surface area contributed by atoms with Gasteiger partial charge in [0.25, 0.3) is 5.19 Å². The molecule has 2 heterocycles. The molecular formula is C16H20N2O3S. The molecule has 0 N–H and O–H groups in total. The molecule has 1 aromatic heterocycles. The number of para-hydroxylation sites is 1. The molecule has 118 valence electrons. The van der Waals surface area contributed by atoms with Gasteiger partial charge >= 0.3 is 6.09 Å². The van der Waals surface area contributed by atoms with Crippen LogP contribution >= 0.6 is 11.3 Å². The number of amides is 1. The number of rotatable bonds is 2. The maximum absolute atomic E-state index is 12.0. The number of hydrogen-bond donors (Lipinski definition) is 0. The fourth-order valence-electron chi connectivity index (χ4n) is 2.36. The van der Waals surface area contributed by atoms with Crippen molar-refractivity contribution in [2.45, 2.75) is 38.9 Å². The Morgan fingerprint density at radius 2 is 2.14 bits per heavy atom. The van der Waals surface area contributed by atoms with Gasteiger partial charge in [-0.1, -0.05) is 23.5 Å². The van der Waals surface area contributed by atoms with Crippen LogP contribution < -0.4 is 4.74 Å². The maximum atomic E-state index is 12.0. The van der Waals surface area contributed by atoms with Crippen molar-refractivity contribution >= 4 is 27.6 Å². The van der Waals surface area contributed by atoms with E-state index in [-0.39, 0.29) is 12.2 Å². The average Bonchev–Trinajstić information content (AvgIpc) is 3.02. The highest BCUT2D eigenvalue weighted by atomic mass is 32.1. The summed E-state index contributed by atoms with van der Waals surface area (Å²) in [6, 6.07) is 7.96. The first-order chi connectivity index (χ1) is 10.4. The summed E-state index contributed by atoms with van der Waals surface area (Å²) in [5.41, 5.74) is 0.479. The normalized spacial score (nSPS) is 18.7. The lowest BCUT2D eigenvalue weighted by Crippen LogP contribution is -2.36. The van der Waals surface area contributed by atoms with Crippen molar-refractivity contribution in [1.82, 2.24) is 9.88 Å². The lowest BCUT2D eigenvalue weighted by Gasteiger charge is -2.24. The lowest BCUT2D eigenvalue weighted by molar-refractivity contribution is 0.0275. The fourth-order valence-corrected chi connectivity index (χ4v) is 3.24. The lowest BCUT2D eigenvalue weighted by atomic mass is 10.2. The van der Waals surface area contributed by atoms with Crippen LogP contribution in [0.3, 0.4) is 0 Å². The van der Waals surface area contributed by atoms with E-state index in [1.165, 1.54) is 11.3 Å². The number of fused-ring (bicyclic) bond motifs is 1. The van der Waals surface area contributed by atoms with Crippen LogP contribution in [0.1, 0.15) is 27.2 Å². The highest BCUT2D eigenvalue weighted by Gasteiger charge is 2.31. The highest BCUT2D eigenvalue weighted by molar-refractivity contribution is 7.20. The predicted molar refractivity (Wildman–Crippen MR) is 86.5 cm³/mol. The first kappa shape index (κ1) is 15.1. The zero-order chi connectivity index (χ0) is 15.7. The Bertz CT molecular complexity index is 644. The number of hydrogen-bond acceptors (Lipinski definition) is 5. The second-order valence-corrected chi connectivity index (χ2v) is 7.40. The average molecular weight is 320 g/mol. The summed E-state index contributed by atoms with van der Waals surface area (Å²) in [6.07, 6.45) is 0.505. The Kier molecular flexibility index (Phi) is 3.95. The third-order valence-corrected chi connectivity index (χ3v) is 4.27. The van der Waals surface area contributed by atoms with E-state index in [0.717, 1.165) is 16.6 Å². The van der Waals surface area contributed by atoms with Gasteiger partial charge < -0.3 is 14.4 Å². The quantitative estimate of drug-likeness (QED) is 0.847. The Labute approximate surface area is 133 Å². The van der Waals surface area contributed by atoms with Gasteiger partial charge in [-0.2, -0.15) is 0 Å². The molecule has 5 nitrogen and oxygen atoms in total. The molecule has 1 aliphatic heterocycles. The van der Waals surface area contributed by atoms with Crippen molar-refractivity contribution in [2.24, 2.45) is 0 Å². The summed E-state index contributed by atoms with van der Waals surface area (Å²) >= 11 is 1.54. The predicted octanol–water partition coefficient (Wildman–Crippen LogP) is 3.68. The minimum atomic E-state index is -0.469. The van der Waals surface area contributed by atoms with Gasteiger partial charge in [0.1, 0.15) is 11.7 Å². The van der Waals surface area contributed by atoms with Crippen LogP contribution in [0.15, 0.2) is 24.3 Å². The van der Waals surface area contributed by atoms with Crippen LogP contribution in [0.25, 0.3) is 10.2 Å². The van der Waals surface area contributed by atoms with Crippen molar-refractivity contribution < 1.29 is 14.3 Å². The van der Waals surface area contributed by atoms with Crippen LogP contribution in [0, 0.1) is 0 Å². The summed E-state index contributed by atoms with van der Waals surface area (Å²) < 4.78 is 12.4. The number of nitrogens with zero attached hydrogens (tertiary/aromatic N) is 2. The Hall–Kier alpha value is -1.82.